The zero-order chi connectivity index (χ0) is 24.7. The summed E-state index contributed by atoms with van der Waals surface area (Å²) in [6.45, 7) is 0.664. The van der Waals surface area contributed by atoms with Crippen LogP contribution in [0.1, 0.15) is 28.8 Å². The molecule has 0 radical (unpaired) electrons. The van der Waals surface area contributed by atoms with Crippen molar-refractivity contribution in [3.63, 3.8) is 0 Å². The molecule has 34 heavy (non-hydrogen) atoms. The Kier molecular flexibility index (Phi) is 8.41. The smallest absolute Gasteiger partial charge is 0.411 e. The van der Waals surface area contributed by atoms with Gasteiger partial charge in [-0.3, -0.25) is 14.9 Å². The van der Waals surface area contributed by atoms with E-state index in [1.807, 2.05) is 12.1 Å². The van der Waals surface area contributed by atoms with Crippen molar-refractivity contribution >= 4 is 46.7 Å². The maximum Gasteiger partial charge on any atom is 0.411 e. The molecule has 1 aliphatic heterocycles. The van der Waals surface area contributed by atoms with Crippen LogP contribution in [0.3, 0.4) is 0 Å². The molecule has 0 bridgehead atoms. The molecule has 13 heteroatoms. The van der Waals surface area contributed by atoms with Gasteiger partial charge >= 0.3 is 6.09 Å². The van der Waals surface area contributed by atoms with Crippen molar-refractivity contribution in [3.05, 3.63) is 40.3 Å². The van der Waals surface area contributed by atoms with E-state index in [1.165, 1.54) is 23.1 Å². The summed E-state index contributed by atoms with van der Waals surface area (Å²) in [5.74, 6) is -3.97. The Bertz CT molecular complexity index is 1090. The van der Waals surface area contributed by atoms with E-state index < -0.39 is 49.4 Å². The maximum atomic E-state index is 13.5. The highest BCUT2D eigenvalue weighted by Gasteiger charge is 2.47. The number of amides is 3. The molecule has 2 N–H and O–H groups in total. The van der Waals surface area contributed by atoms with E-state index in [9.17, 15) is 23.2 Å². The minimum Gasteiger partial charge on any atom is -0.450 e. The van der Waals surface area contributed by atoms with Crippen molar-refractivity contribution in [2.45, 2.75) is 36.0 Å². The van der Waals surface area contributed by atoms with Gasteiger partial charge < -0.3 is 15.0 Å². The van der Waals surface area contributed by atoms with Gasteiger partial charge in [0.2, 0.25) is 5.91 Å². The lowest BCUT2D eigenvalue weighted by molar-refractivity contribution is -0.131. The van der Waals surface area contributed by atoms with Crippen LogP contribution in [-0.2, 0) is 15.3 Å². The lowest BCUT2D eigenvalue weighted by atomic mass is 10.2. The molecular weight excluding hydrogens is 488 g/mol. The first kappa shape index (κ1) is 25.4. The summed E-state index contributed by atoms with van der Waals surface area (Å²) in [4.78, 5) is 41.9. The number of hydrogen-bond acceptors (Lipinski definition) is 8. The quantitative estimate of drug-likeness (QED) is 0.522. The molecule has 3 amide bonds. The second kappa shape index (κ2) is 11.3. The van der Waals surface area contributed by atoms with Crippen molar-refractivity contribution in [2.75, 3.05) is 25.0 Å². The number of carbonyl (C=O) groups is 3. The van der Waals surface area contributed by atoms with E-state index in [0.29, 0.717) is 16.4 Å². The molecule has 0 spiro atoms. The van der Waals surface area contributed by atoms with Crippen molar-refractivity contribution < 1.29 is 27.9 Å². The lowest BCUT2D eigenvalue weighted by Gasteiger charge is -2.19. The lowest BCUT2D eigenvalue weighted by Crippen LogP contribution is -2.43. The molecule has 1 saturated heterocycles. The van der Waals surface area contributed by atoms with Crippen molar-refractivity contribution in [1.29, 1.82) is 5.26 Å². The predicted octanol–water partition coefficient (Wildman–Crippen LogP) is 3.49. The van der Waals surface area contributed by atoms with Gasteiger partial charge in [0.1, 0.15) is 16.7 Å². The number of hydrogen-bond donors (Lipinski definition) is 2. The molecule has 180 valence electrons. The Morgan fingerprint density at radius 2 is 2.09 bits per heavy atom. The van der Waals surface area contributed by atoms with Gasteiger partial charge in [0.25, 0.3) is 11.8 Å². The summed E-state index contributed by atoms with van der Waals surface area (Å²) in [5, 5.41) is 16.2. The number of thioether (sulfide) groups is 1. The molecule has 2 heterocycles. The number of anilines is 1. The van der Waals surface area contributed by atoms with Gasteiger partial charge in [-0.05, 0) is 31.2 Å². The predicted molar refractivity (Wildman–Crippen MR) is 122 cm³/mol. The van der Waals surface area contributed by atoms with Crippen LogP contribution in [0, 0.1) is 11.3 Å². The number of halogens is 2. The fourth-order valence-electron chi connectivity index (χ4n) is 3.09. The van der Waals surface area contributed by atoms with Gasteiger partial charge in [0, 0.05) is 22.4 Å². The van der Waals surface area contributed by atoms with Crippen molar-refractivity contribution in [2.24, 2.45) is 0 Å². The van der Waals surface area contributed by atoms with E-state index in [4.69, 9.17) is 10.00 Å². The molecule has 0 aliphatic carbocycles. The molecule has 0 saturated carbocycles. The number of nitrogens with one attached hydrogen (secondary N) is 2. The molecule has 1 aliphatic rings. The Labute approximate surface area is 202 Å². The number of alkyl halides is 2. The van der Waals surface area contributed by atoms with Crippen LogP contribution in [0.15, 0.2) is 34.5 Å². The fraction of sp³-hybridized carbons (Fsp3) is 0.381. The summed E-state index contributed by atoms with van der Waals surface area (Å²) < 4.78 is 31.8. The largest absolute Gasteiger partial charge is 0.450 e. The van der Waals surface area contributed by atoms with Crippen molar-refractivity contribution in [3.8, 4) is 6.07 Å². The molecule has 1 aromatic heterocycles. The highest BCUT2D eigenvalue weighted by atomic mass is 32.2. The van der Waals surface area contributed by atoms with Crippen LogP contribution in [0.25, 0.3) is 0 Å². The molecule has 3 rings (SSSR count). The summed E-state index contributed by atoms with van der Waals surface area (Å²) in [7, 11) is 0. The van der Waals surface area contributed by atoms with Crippen LogP contribution in [0.4, 0.5) is 19.3 Å². The topological polar surface area (TPSA) is 124 Å². The number of likely N-dealkylation sites (tertiary alicyclic amines) is 1. The van der Waals surface area contributed by atoms with E-state index in [0.717, 1.165) is 9.80 Å². The second-order valence-electron chi connectivity index (χ2n) is 7.19. The first-order valence-corrected chi connectivity index (χ1v) is 12.0. The van der Waals surface area contributed by atoms with E-state index in [1.54, 1.807) is 30.5 Å². The minimum absolute atomic E-state index is 0.117. The van der Waals surface area contributed by atoms with E-state index in [2.05, 4.69) is 15.6 Å². The number of thiazole rings is 1. The first-order valence-electron chi connectivity index (χ1n) is 10.2. The van der Waals surface area contributed by atoms with E-state index in [-0.39, 0.29) is 12.3 Å². The average molecular weight is 510 g/mol. The zero-order valence-corrected chi connectivity index (χ0v) is 19.7. The molecule has 1 aromatic carbocycles. The Hall–Kier alpha value is -3.24. The molecule has 1 fully saturated rings. The number of ether oxygens (including phenoxy) is 1. The van der Waals surface area contributed by atoms with Crippen LogP contribution in [-0.4, -0.2) is 59.5 Å². The molecule has 2 aromatic rings. The molecule has 0 unspecified atom stereocenters. The third kappa shape index (κ3) is 6.88. The normalized spacial score (nSPS) is 16.5. The Balaban J connectivity index is 1.46. The summed E-state index contributed by atoms with van der Waals surface area (Å²) in [6.07, 6.45) is -1.23. The van der Waals surface area contributed by atoms with Crippen LogP contribution in [0.2, 0.25) is 0 Å². The zero-order valence-electron chi connectivity index (χ0n) is 18.0. The third-order valence-electron chi connectivity index (χ3n) is 4.66. The molecule has 1 atom stereocenters. The van der Waals surface area contributed by atoms with Gasteiger partial charge in [0.15, 0.2) is 0 Å². The minimum atomic E-state index is -3.11. The van der Waals surface area contributed by atoms with Gasteiger partial charge in [-0.25, -0.2) is 18.6 Å². The number of nitriles is 1. The average Bonchev–Trinajstić information content (AvgIpc) is 3.40. The molecule has 9 nitrogen and oxygen atoms in total. The fourth-order valence-corrected chi connectivity index (χ4v) is 4.78. The Morgan fingerprint density at radius 3 is 2.76 bits per heavy atom. The maximum absolute atomic E-state index is 13.5. The van der Waals surface area contributed by atoms with Gasteiger partial charge in [-0.15, -0.1) is 23.1 Å². The van der Waals surface area contributed by atoms with E-state index >= 15 is 0 Å². The van der Waals surface area contributed by atoms with Crippen molar-refractivity contribution in [1.82, 2.24) is 15.2 Å². The number of rotatable bonds is 8. The monoisotopic (exact) mass is 509 g/mol. The SMILES string of the molecule is CCOC(=O)Nc1ccc(SCc2nc(C(=O)NCC(=O)N3CC(F)(F)C[C@H]3C#N)cs2)cc1. The summed E-state index contributed by atoms with van der Waals surface area (Å²) in [6, 6.07) is 7.62. The number of carbonyl (C=O) groups excluding carboxylic acids is 3. The van der Waals surface area contributed by atoms with Crippen LogP contribution in [0.5, 0.6) is 0 Å². The number of nitrogens with zero attached hydrogens (tertiary/aromatic N) is 3. The first-order chi connectivity index (χ1) is 16.2. The van der Waals surface area contributed by atoms with Crippen LogP contribution < -0.4 is 10.6 Å². The van der Waals surface area contributed by atoms with Gasteiger partial charge in [-0.2, -0.15) is 5.26 Å². The van der Waals surface area contributed by atoms with Crippen LogP contribution >= 0.6 is 23.1 Å². The molecular formula is C21H21F2N5O4S2. The third-order valence-corrected chi connectivity index (χ3v) is 6.72. The van der Waals surface area contributed by atoms with Gasteiger partial charge in [-0.1, -0.05) is 0 Å². The summed E-state index contributed by atoms with van der Waals surface area (Å²) in [5.41, 5.74) is 0.718. The second-order valence-corrected chi connectivity index (χ2v) is 9.19. The standard InChI is InChI=1S/C21H21F2N5O4S2/c1-2-32-20(31)26-13-3-5-15(6-4-13)33-11-17-27-16(10-34-17)19(30)25-9-18(29)28-12-21(22,23)7-14(28)8-24/h3-6,10,14H,2,7,9,11-12H2,1H3,(H,25,30)(H,26,31)/t14-/m0/s1. The highest BCUT2D eigenvalue weighted by molar-refractivity contribution is 7.98. The number of aromatic nitrogens is 1. The summed E-state index contributed by atoms with van der Waals surface area (Å²) >= 11 is 2.76. The number of benzene rings is 1. The Morgan fingerprint density at radius 1 is 1.35 bits per heavy atom. The highest BCUT2D eigenvalue weighted by Crippen LogP contribution is 2.31. The van der Waals surface area contributed by atoms with Gasteiger partial charge in [0.05, 0.1) is 31.5 Å².